The zero-order valence-electron chi connectivity index (χ0n) is 12.4. The average molecular weight is 383 g/mol. The Hall–Kier alpha value is -1.72. The predicted molar refractivity (Wildman–Crippen MR) is 95.8 cm³/mol. The zero-order valence-corrected chi connectivity index (χ0v) is 14.7. The minimum absolute atomic E-state index is 0.337. The molecule has 0 atom stereocenters. The molecule has 0 amide bonds. The smallest absolute Gasteiger partial charge is 0.193 e. The van der Waals surface area contributed by atoms with Gasteiger partial charge in [0.15, 0.2) is 5.96 Å². The number of halogens is 2. The van der Waals surface area contributed by atoms with E-state index in [9.17, 15) is 0 Å². The highest BCUT2D eigenvalue weighted by molar-refractivity contribution is 9.10. The van der Waals surface area contributed by atoms with E-state index in [1.807, 2.05) is 25.1 Å². The van der Waals surface area contributed by atoms with Crippen LogP contribution in [0, 0.1) is 6.92 Å². The number of nitrogens with one attached hydrogen (secondary N) is 1. The van der Waals surface area contributed by atoms with Crippen molar-refractivity contribution in [3.05, 3.63) is 57.0 Å². The van der Waals surface area contributed by atoms with Gasteiger partial charge in [-0.25, -0.2) is 4.99 Å². The van der Waals surface area contributed by atoms with E-state index < -0.39 is 0 Å². The van der Waals surface area contributed by atoms with Crippen LogP contribution in [-0.2, 0) is 6.54 Å². The molecule has 3 N–H and O–H groups in total. The zero-order chi connectivity index (χ0) is 16.1. The molecule has 0 aliphatic heterocycles. The van der Waals surface area contributed by atoms with Crippen molar-refractivity contribution < 1.29 is 4.74 Å². The Morgan fingerprint density at radius 1 is 1.32 bits per heavy atom. The van der Waals surface area contributed by atoms with Crippen molar-refractivity contribution in [3.8, 4) is 5.75 Å². The lowest BCUT2D eigenvalue weighted by Crippen LogP contribution is -2.22. The van der Waals surface area contributed by atoms with E-state index in [1.165, 1.54) is 5.56 Å². The summed E-state index contributed by atoms with van der Waals surface area (Å²) in [5.41, 5.74) is 8.96. The lowest BCUT2D eigenvalue weighted by Gasteiger charge is -2.09. The van der Waals surface area contributed by atoms with Crippen LogP contribution in [0.5, 0.6) is 5.75 Å². The number of benzene rings is 2. The molecular formula is C16H17BrClN3O. The fraction of sp³-hybridized carbons (Fsp3) is 0.188. The van der Waals surface area contributed by atoms with Crippen molar-refractivity contribution in [3.63, 3.8) is 0 Å². The van der Waals surface area contributed by atoms with Crippen molar-refractivity contribution in [1.29, 1.82) is 0 Å². The number of methoxy groups -OCH3 is 1. The molecule has 0 aromatic heterocycles. The van der Waals surface area contributed by atoms with Crippen LogP contribution in [0.25, 0.3) is 0 Å². The molecule has 2 aromatic rings. The summed E-state index contributed by atoms with van der Waals surface area (Å²) < 4.78 is 6.16. The van der Waals surface area contributed by atoms with Gasteiger partial charge in [-0.15, -0.1) is 0 Å². The van der Waals surface area contributed by atoms with Crippen molar-refractivity contribution in [2.24, 2.45) is 10.7 Å². The van der Waals surface area contributed by atoms with Gasteiger partial charge in [-0.3, -0.25) is 0 Å². The van der Waals surface area contributed by atoms with Crippen molar-refractivity contribution in [2.75, 3.05) is 12.4 Å². The van der Waals surface area contributed by atoms with Gasteiger partial charge in [-0.05, 0) is 48.4 Å². The normalized spacial score (nSPS) is 11.4. The number of guanidine groups is 1. The van der Waals surface area contributed by atoms with Crippen LogP contribution in [0.15, 0.2) is 45.9 Å². The Balaban J connectivity index is 2.05. The maximum Gasteiger partial charge on any atom is 0.193 e. The van der Waals surface area contributed by atoms with Crippen LogP contribution in [0.2, 0.25) is 5.02 Å². The predicted octanol–water partition coefficient (Wildman–Crippen LogP) is 4.35. The standard InChI is InChI=1S/C16H17BrClN3O/c1-10-7-12(17)4-3-11(10)9-20-16(19)21-13-5-6-15(22-2)14(18)8-13/h3-8H,9H2,1-2H3,(H3,19,20,21). The second-order valence-corrected chi connectivity index (χ2v) is 6.07. The van der Waals surface area contributed by atoms with E-state index in [0.29, 0.717) is 23.3 Å². The number of hydrogen-bond donors (Lipinski definition) is 2. The summed E-state index contributed by atoms with van der Waals surface area (Å²) in [5, 5.41) is 3.53. The van der Waals surface area contributed by atoms with Gasteiger partial charge in [0.1, 0.15) is 5.75 Å². The third-order valence-electron chi connectivity index (χ3n) is 3.15. The van der Waals surface area contributed by atoms with Gasteiger partial charge in [0.05, 0.1) is 18.7 Å². The second-order valence-electron chi connectivity index (χ2n) is 4.75. The Kier molecular flexibility index (Phi) is 5.69. The lowest BCUT2D eigenvalue weighted by atomic mass is 10.1. The molecule has 116 valence electrons. The van der Waals surface area contributed by atoms with E-state index in [-0.39, 0.29) is 0 Å². The fourth-order valence-electron chi connectivity index (χ4n) is 1.94. The summed E-state index contributed by atoms with van der Waals surface area (Å²) in [6, 6.07) is 11.4. The largest absolute Gasteiger partial charge is 0.495 e. The molecule has 0 heterocycles. The van der Waals surface area contributed by atoms with Gasteiger partial charge in [0.2, 0.25) is 0 Å². The average Bonchev–Trinajstić information content (AvgIpc) is 2.46. The van der Waals surface area contributed by atoms with Crippen molar-refractivity contribution in [2.45, 2.75) is 13.5 Å². The minimum atomic E-state index is 0.337. The topological polar surface area (TPSA) is 59.6 Å². The molecule has 0 fully saturated rings. The molecule has 0 spiro atoms. The van der Waals surface area contributed by atoms with Gasteiger partial charge in [0, 0.05) is 10.2 Å². The van der Waals surface area contributed by atoms with Gasteiger partial charge >= 0.3 is 0 Å². The van der Waals surface area contributed by atoms with Gasteiger partial charge in [0.25, 0.3) is 0 Å². The van der Waals surface area contributed by atoms with Crippen LogP contribution in [0.1, 0.15) is 11.1 Å². The lowest BCUT2D eigenvalue weighted by molar-refractivity contribution is 0.415. The number of anilines is 1. The third-order valence-corrected chi connectivity index (χ3v) is 3.94. The summed E-state index contributed by atoms with van der Waals surface area (Å²) in [5.74, 6) is 0.955. The SMILES string of the molecule is COc1ccc(NC(N)=NCc2ccc(Br)cc2C)cc1Cl. The van der Waals surface area contributed by atoms with E-state index in [1.54, 1.807) is 19.2 Å². The Morgan fingerprint density at radius 2 is 2.09 bits per heavy atom. The fourth-order valence-corrected chi connectivity index (χ4v) is 2.67. The van der Waals surface area contributed by atoms with Crippen LogP contribution < -0.4 is 15.8 Å². The quantitative estimate of drug-likeness (QED) is 0.610. The van der Waals surface area contributed by atoms with Gasteiger partial charge < -0.3 is 15.8 Å². The van der Waals surface area contributed by atoms with Crippen LogP contribution in [0.3, 0.4) is 0 Å². The first-order valence-corrected chi connectivity index (χ1v) is 7.82. The number of aryl methyl sites for hydroxylation is 1. The molecule has 0 bridgehead atoms. The first kappa shape index (κ1) is 16.6. The Morgan fingerprint density at radius 3 is 2.73 bits per heavy atom. The molecule has 22 heavy (non-hydrogen) atoms. The molecule has 4 nitrogen and oxygen atoms in total. The maximum atomic E-state index is 6.07. The summed E-state index contributed by atoms with van der Waals surface area (Å²) in [4.78, 5) is 4.35. The van der Waals surface area contributed by atoms with Crippen molar-refractivity contribution in [1.82, 2.24) is 0 Å². The number of nitrogens with two attached hydrogens (primary N) is 1. The van der Waals surface area contributed by atoms with Gasteiger partial charge in [-0.2, -0.15) is 0 Å². The van der Waals surface area contributed by atoms with Crippen molar-refractivity contribution >= 4 is 39.2 Å². The highest BCUT2D eigenvalue weighted by atomic mass is 79.9. The Bertz CT molecular complexity index is 704. The van der Waals surface area contributed by atoms with Crippen LogP contribution in [-0.4, -0.2) is 13.1 Å². The molecule has 0 radical (unpaired) electrons. The van der Waals surface area contributed by atoms with Gasteiger partial charge in [-0.1, -0.05) is 33.6 Å². The number of ether oxygens (including phenoxy) is 1. The molecule has 0 unspecified atom stereocenters. The molecule has 6 heteroatoms. The summed E-state index contributed by atoms with van der Waals surface area (Å²) >= 11 is 9.51. The highest BCUT2D eigenvalue weighted by Gasteiger charge is 2.03. The second kappa shape index (κ2) is 7.51. The molecular weight excluding hydrogens is 366 g/mol. The summed E-state index contributed by atoms with van der Waals surface area (Å²) in [6.07, 6.45) is 0. The molecule has 2 rings (SSSR count). The summed E-state index contributed by atoms with van der Waals surface area (Å²) in [6.45, 7) is 2.56. The summed E-state index contributed by atoms with van der Waals surface area (Å²) in [7, 11) is 1.57. The monoisotopic (exact) mass is 381 g/mol. The van der Waals surface area contributed by atoms with E-state index in [2.05, 4.69) is 32.3 Å². The molecule has 0 saturated heterocycles. The number of aliphatic imine (C=N–C) groups is 1. The van der Waals surface area contributed by atoms with E-state index in [4.69, 9.17) is 22.1 Å². The third kappa shape index (κ3) is 4.39. The first-order valence-electron chi connectivity index (χ1n) is 6.65. The minimum Gasteiger partial charge on any atom is -0.495 e. The number of rotatable bonds is 4. The molecule has 0 saturated carbocycles. The number of nitrogens with zero attached hydrogens (tertiary/aromatic N) is 1. The number of hydrogen-bond acceptors (Lipinski definition) is 2. The van der Waals surface area contributed by atoms with Crippen LogP contribution in [0.4, 0.5) is 5.69 Å². The first-order chi connectivity index (χ1) is 10.5. The molecule has 2 aromatic carbocycles. The van der Waals surface area contributed by atoms with E-state index >= 15 is 0 Å². The van der Waals surface area contributed by atoms with Crippen LogP contribution >= 0.6 is 27.5 Å². The Labute approximate surface area is 143 Å². The maximum absolute atomic E-state index is 6.07. The molecule has 0 aliphatic carbocycles. The molecule has 0 aliphatic rings. The highest BCUT2D eigenvalue weighted by Crippen LogP contribution is 2.27. The van der Waals surface area contributed by atoms with E-state index in [0.717, 1.165) is 15.7 Å².